The summed E-state index contributed by atoms with van der Waals surface area (Å²) in [5.74, 6) is 1.07. The van der Waals surface area contributed by atoms with Gasteiger partial charge in [-0.3, -0.25) is 0 Å². The van der Waals surface area contributed by atoms with Gasteiger partial charge >= 0.3 is 0 Å². The van der Waals surface area contributed by atoms with Gasteiger partial charge in [-0.2, -0.15) is 4.98 Å². The van der Waals surface area contributed by atoms with E-state index in [4.69, 9.17) is 10.3 Å². The van der Waals surface area contributed by atoms with E-state index >= 15 is 0 Å². The molecule has 0 unspecified atom stereocenters. The van der Waals surface area contributed by atoms with Gasteiger partial charge in [0.25, 0.3) is 0 Å². The maximum Gasteiger partial charge on any atom is 0.240 e. The summed E-state index contributed by atoms with van der Waals surface area (Å²) >= 11 is 0. The minimum atomic E-state index is 0.142. The number of aromatic nitrogens is 2. The van der Waals surface area contributed by atoms with Crippen molar-refractivity contribution in [2.75, 3.05) is 0 Å². The predicted octanol–water partition coefficient (Wildman–Crippen LogP) is 2.80. The highest BCUT2D eigenvalue weighted by atomic mass is 16.5. The van der Waals surface area contributed by atoms with Gasteiger partial charge in [0.2, 0.25) is 11.7 Å². The molecule has 4 heteroatoms. The molecule has 0 amide bonds. The third kappa shape index (κ3) is 2.43. The van der Waals surface area contributed by atoms with Crippen LogP contribution in [0.4, 0.5) is 0 Å². The lowest BCUT2D eigenvalue weighted by atomic mass is 9.85. The number of nitrogens with two attached hydrogens (primary N) is 1. The summed E-state index contributed by atoms with van der Waals surface area (Å²) in [5.41, 5.74) is 9.04. The fourth-order valence-electron chi connectivity index (χ4n) is 1.83. The standard InChI is InChI=1S/C14H19N3O/c1-9-7-10(14(2,3)4)5-6-11(9)13-16-12(8-15)18-17-13/h5-7H,8,15H2,1-4H3. The molecule has 0 atom stereocenters. The average molecular weight is 245 g/mol. The van der Waals surface area contributed by atoms with E-state index in [1.807, 2.05) is 6.07 Å². The van der Waals surface area contributed by atoms with E-state index in [1.165, 1.54) is 5.56 Å². The van der Waals surface area contributed by atoms with Gasteiger partial charge in [-0.05, 0) is 23.5 Å². The van der Waals surface area contributed by atoms with Crippen LogP contribution < -0.4 is 5.73 Å². The predicted molar refractivity (Wildman–Crippen MR) is 71.1 cm³/mol. The Morgan fingerprint density at radius 1 is 1.28 bits per heavy atom. The molecule has 2 aromatic rings. The Kier molecular flexibility index (Phi) is 3.22. The molecule has 0 aliphatic carbocycles. The number of benzene rings is 1. The van der Waals surface area contributed by atoms with E-state index in [0.29, 0.717) is 11.7 Å². The molecule has 1 heterocycles. The zero-order valence-corrected chi connectivity index (χ0v) is 11.3. The highest BCUT2D eigenvalue weighted by Gasteiger charge is 2.16. The minimum Gasteiger partial charge on any atom is -0.338 e. The molecule has 4 nitrogen and oxygen atoms in total. The summed E-state index contributed by atoms with van der Waals surface area (Å²) in [6.07, 6.45) is 0. The van der Waals surface area contributed by atoms with Crippen molar-refractivity contribution >= 4 is 0 Å². The lowest BCUT2D eigenvalue weighted by Gasteiger charge is -2.20. The normalized spacial score (nSPS) is 11.8. The van der Waals surface area contributed by atoms with Crippen LogP contribution in [0.15, 0.2) is 22.7 Å². The molecule has 18 heavy (non-hydrogen) atoms. The molecule has 96 valence electrons. The maximum absolute atomic E-state index is 5.46. The third-order valence-corrected chi connectivity index (χ3v) is 2.98. The van der Waals surface area contributed by atoms with Crippen LogP contribution in [0.2, 0.25) is 0 Å². The number of hydrogen-bond donors (Lipinski definition) is 1. The van der Waals surface area contributed by atoms with Crippen LogP contribution in [-0.4, -0.2) is 10.1 Å². The molecule has 1 aromatic heterocycles. The van der Waals surface area contributed by atoms with Gasteiger partial charge < -0.3 is 10.3 Å². The monoisotopic (exact) mass is 245 g/mol. The van der Waals surface area contributed by atoms with E-state index in [2.05, 4.69) is 50.0 Å². The van der Waals surface area contributed by atoms with Crippen molar-refractivity contribution in [3.8, 4) is 11.4 Å². The van der Waals surface area contributed by atoms with Gasteiger partial charge in [0, 0.05) is 5.56 Å². The lowest BCUT2D eigenvalue weighted by Crippen LogP contribution is -2.11. The first-order valence-electron chi connectivity index (χ1n) is 6.06. The van der Waals surface area contributed by atoms with Crippen LogP contribution in [0.5, 0.6) is 0 Å². The van der Waals surface area contributed by atoms with E-state index in [1.54, 1.807) is 0 Å². The van der Waals surface area contributed by atoms with Gasteiger partial charge in [0.15, 0.2) is 0 Å². The molecule has 1 aromatic carbocycles. The number of aryl methyl sites for hydroxylation is 1. The third-order valence-electron chi connectivity index (χ3n) is 2.98. The maximum atomic E-state index is 5.46. The van der Waals surface area contributed by atoms with Crippen LogP contribution in [-0.2, 0) is 12.0 Å². The summed E-state index contributed by atoms with van der Waals surface area (Å²) in [5, 5.41) is 3.94. The highest BCUT2D eigenvalue weighted by molar-refractivity contribution is 5.60. The molecule has 0 aliphatic rings. The van der Waals surface area contributed by atoms with Crippen LogP contribution in [0.25, 0.3) is 11.4 Å². The molecule has 0 bridgehead atoms. The Hall–Kier alpha value is -1.68. The first-order valence-corrected chi connectivity index (χ1v) is 6.06. The largest absolute Gasteiger partial charge is 0.338 e. The van der Waals surface area contributed by atoms with Crippen molar-refractivity contribution in [2.24, 2.45) is 5.73 Å². The van der Waals surface area contributed by atoms with Crippen molar-refractivity contribution in [1.82, 2.24) is 10.1 Å². The minimum absolute atomic E-state index is 0.142. The molecule has 2 N–H and O–H groups in total. The van der Waals surface area contributed by atoms with Crippen LogP contribution in [0.3, 0.4) is 0 Å². The first-order chi connectivity index (χ1) is 8.41. The summed E-state index contributed by atoms with van der Waals surface area (Å²) in [7, 11) is 0. The fourth-order valence-corrected chi connectivity index (χ4v) is 1.83. The Balaban J connectivity index is 2.41. The molecule has 0 saturated carbocycles. The molecule has 2 rings (SSSR count). The zero-order chi connectivity index (χ0) is 13.3. The fraction of sp³-hybridized carbons (Fsp3) is 0.429. The van der Waals surface area contributed by atoms with Crippen LogP contribution in [0.1, 0.15) is 37.8 Å². The molecule has 0 aliphatic heterocycles. The molecule has 0 radical (unpaired) electrons. The quantitative estimate of drug-likeness (QED) is 0.883. The zero-order valence-electron chi connectivity index (χ0n) is 11.3. The summed E-state index contributed by atoms with van der Waals surface area (Å²) in [4.78, 5) is 4.25. The topological polar surface area (TPSA) is 64.9 Å². The van der Waals surface area contributed by atoms with Gasteiger partial charge in [-0.15, -0.1) is 0 Å². The van der Waals surface area contributed by atoms with Gasteiger partial charge in [0.05, 0.1) is 6.54 Å². The highest BCUT2D eigenvalue weighted by Crippen LogP contribution is 2.28. The van der Waals surface area contributed by atoms with Crippen molar-refractivity contribution in [3.05, 3.63) is 35.2 Å². The second-order valence-electron chi connectivity index (χ2n) is 5.50. The summed E-state index contributed by atoms with van der Waals surface area (Å²) < 4.78 is 5.03. The van der Waals surface area contributed by atoms with E-state index in [-0.39, 0.29) is 12.0 Å². The van der Waals surface area contributed by atoms with Crippen molar-refractivity contribution in [3.63, 3.8) is 0 Å². The van der Waals surface area contributed by atoms with Crippen LogP contribution in [0, 0.1) is 6.92 Å². The molecule has 0 spiro atoms. The average Bonchev–Trinajstić information content (AvgIpc) is 2.76. The van der Waals surface area contributed by atoms with E-state index in [0.717, 1.165) is 11.1 Å². The Morgan fingerprint density at radius 2 is 2.00 bits per heavy atom. The smallest absolute Gasteiger partial charge is 0.240 e. The second kappa shape index (κ2) is 4.53. The van der Waals surface area contributed by atoms with Gasteiger partial charge in [-0.1, -0.05) is 44.1 Å². The number of nitrogens with zero attached hydrogens (tertiary/aromatic N) is 2. The summed E-state index contributed by atoms with van der Waals surface area (Å²) in [6.45, 7) is 8.92. The van der Waals surface area contributed by atoms with E-state index in [9.17, 15) is 0 Å². The number of hydrogen-bond acceptors (Lipinski definition) is 4. The molecule has 0 fully saturated rings. The lowest BCUT2D eigenvalue weighted by molar-refractivity contribution is 0.380. The Labute approximate surface area is 107 Å². The van der Waals surface area contributed by atoms with Crippen molar-refractivity contribution in [1.29, 1.82) is 0 Å². The first kappa shape index (κ1) is 12.8. The van der Waals surface area contributed by atoms with Gasteiger partial charge in [-0.25, -0.2) is 0 Å². The van der Waals surface area contributed by atoms with Crippen molar-refractivity contribution < 1.29 is 4.52 Å². The Bertz CT molecular complexity index is 552. The van der Waals surface area contributed by atoms with Gasteiger partial charge in [0.1, 0.15) is 0 Å². The molecular weight excluding hydrogens is 226 g/mol. The second-order valence-corrected chi connectivity index (χ2v) is 5.50. The SMILES string of the molecule is Cc1cc(C(C)(C)C)ccc1-c1noc(CN)n1. The molecule has 0 saturated heterocycles. The number of rotatable bonds is 2. The van der Waals surface area contributed by atoms with Crippen molar-refractivity contribution in [2.45, 2.75) is 39.7 Å². The Morgan fingerprint density at radius 3 is 2.50 bits per heavy atom. The molecular formula is C14H19N3O. The summed E-state index contributed by atoms with van der Waals surface area (Å²) in [6, 6.07) is 6.33. The van der Waals surface area contributed by atoms with E-state index < -0.39 is 0 Å². The van der Waals surface area contributed by atoms with Crippen LogP contribution >= 0.6 is 0 Å².